The summed E-state index contributed by atoms with van der Waals surface area (Å²) in [4.78, 5) is 14.9. The second-order valence-electron chi connectivity index (χ2n) is 7.56. The van der Waals surface area contributed by atoms with Gasteiger partial charge in [-0.3, -0.25) is 9.69 Å². The Morgan fingerprint density at radius 2 is 1.72 bits per heavy atom. The summed E-state index contributed by atoms with van der Waals surface area (Å²) < 4.78 is 22.0. The molecule has 1 heterocycles. The molecule has 4 rings (SSSR count). The first kappa shape index (κ1) is 21.9. The number of hydrogen-bond acceptors (Lipinski definition) is 6. The predicted molar refractivity (Wildman–Crippen MR) is 124 cm³/mol. The minimum absolute atomic E-state index is 0.0944. The van der Waals surface area contributed by atoms with E-state index in [0.717, 1.165) is 54.9 Å². The average Bonchev–Trinajstić information content (AvgIpc) is 2.84. The average molecular weight is 437 g/mol. The molecule has 1 fully saturated rings. The number of carbonyl (C=O) groups is 1. The summed E-state index contributed by atoms with van der Waals surface area (Å²) in [7, 11) is 3.13. The van der Waals surface area contributed by atoms with Crippen molar-refractivity contribution in [2.75, 3.05) is 52.4 Å². The van der Waals surface area contributed by atoms with Crippen LogP contribution < -0.4 is 19.5 Å². The molecule has 0 bridgehead atoms. The van der Waals surface area contributed by atoms with E-state index in [-0.39, 0.29) is 12.5 Å². The normalized spacial score (nSPS) is 14.2. The van der Waals surface area contributed by atoms with Gasteiger partial charge in [-0.2, -0.15) is 0 Å². The number of nitrogens with one attached hydrogen (secondary N) is 1. The lowest BCUT2D eigenvalue weighted by atomic mass is 10.0. The molecule has 7 nitrogen and oxygen atoms in total. The van der Waals surface area contributed by atoms with E-state index in [0.29, 0.717) is 17.2 Å². The zero-order valence-electron chi connectivity index (χ0n) is 18.4. The summed E-state index contributed by atoms with van der Waals surface area (Å²) in [5, 5.41) is 5.14. The quantitative estimate of drug-likeness (QED) is 0.581. The topological polar surface area (TPSA) is 69.3 Å². The van der Waals surface area contributed by atoms with Crippen molar-refractivity contribution in [1.82, 2.24) is 4.90 Å². The van der Waals surface area contributed by atoms with Crippen molar-refractivity contribution in [3.05, 3.63) is 60.2 Å². The van der Waals surface area contributed by atoms with Crippen molar-refractivity contribution in [2.24, 2.45) is 0 Å². The van der Waals surface area contributed by atoms with Crippen molar-refractivity contribution < 1.29 is 23.7 Å². The molecule has 168 valence electrons. The standard InChI is InChI=1S/C25H28N2O5/c1-29-23-10-8-19(15-24(23)30-2)26-25(28)17-32-22-9-7-18-5-3-4-6-20(18)21(22)16-27-11-13-31-14-12-27/h3-10,15H,11-14,16-17H2,1-2H3,(H,26,28). The van der Waals surface area contributed by atoms with Crippen LogP contribution in [0.5, 0.6) is 17.2 Å². The molecule has 0 saturated carbocycles. The van der Waals surface area contributed by atoms with Gasteiger partial charge in [0.15, 0.2) is 18.1 Å². The first-order chi connectivity index (χ1) is 15.7. The highest BCUT2D eigenvalue weighted by molar-refractivity contribution is 5.92. The van der Waals surface area contributed by atoms with Crippen LogP contribution in [0.2, 0.25) is 0 Å². The van der Waals surface area contributed by atoms with Gasteiger partial charge in [0.2, 0.25) is 0 Å². The van der Waals surface area contributed by atoms with Crippen LogP contribution in [-0.2, 0) is 16.1 Å². The summed E-state index contributed by atoms with van der Waals surface area (Å²) in [5.74, 6) is 1.62. The number of morpholine rings is 1. The van der Waals surface area contributed by atoms with Gasteiger partial charge >= 0.3 is 0 Å². The molecule has 0 atom stereocenters. The number of hydrogen-bond donors (Lipinski definition) is 1. The molecule has 3 aromatic rings. The molecule has 0 spiro atoms. The second kappa shape index (κ2) is 10.3. The molecule has 7 heteroatoms. The molecule has 1 saturated heterocycles. The Morgan fingerprint density at radius 3 is 2.50 bits per heavy atom. The maximum atomic E-state index is 12.6. The summed E-state index contributed by atoms with van der Waals surface area (Å²) >= 11 is 0. The SMILES string of the molecule is COc1ccc(NC(=O)COc2ccc3ccccc3c2CN2CCOCC2)cc1OC. The van der Waals surface area contributed by atoms with E-state index in [1.807, 2.05) is 24.3 Å². The number of rotatable bonds is 8. The van der Waals surface area contributed by atoms with Gasteiger partial charge in [-0.25, -0.2) is 0 Å². The van der Waals surface area contributed by atoms with Crippen molar-refractivity contribution in [2.45, 2.75) is 6.54 Å². The molecule has 3 aromatic carbocycles. The predicted octanol–water partition coefficient (Wildman–Crippen LogP) is 3.71. The Kier molecular flexibility index (Phi) is 7.09. The lowest BCUT2D eigenvalue weighted by molar-refractivity contribution is -0.118. The number of methoxy groups -OCH3 is 2. The maximum absolute atomic E-state index is 12.6. The Hall–Kier alpha value is -3.29. The summed E-state index contributed by atoms with van der Waals surface area (Å²) in [6.07, 6.45) is 0. The van der Waals surface area contributed by atoms with Crippen LogP contribution in [0.15, 0.2) is 54.6 Å². The van der Waals surface area contributed by atoms with E-state index in [2.05, 4.69) is 22.3 Å². The summed E-state index contributed by atoms with van der Waals surface area (Å²) in [5.41, 5.74) is 1.70. The fraction of sp³-hybridized carbons (Fsp3) is 0.320. The molecule has 0 aliphatic carbocycles. The van der Waals surface area contributed by atoms with Crippen LogP contribution in [0.1, 0.15) is 5.56 Å². The van der Waals surface area contributed by atoms with Gasteiger partial charge in [-0.15, -0.1) is 0 Å². The van der Waals surface area contributed by atoms with E-state index in [1.54, 1.807) is 32.4 Å². The van der Waals surface area contributed by atoms with Crippen molar-refractivity contribution >= 4 is 22.4 Å². The molecule has 1 N–H and O–H groups in total. The summed E-state index contributed by atoms with van der Waals surface area (Å²) in [6, 6.07) is 17.4. The lowest BCUT2D eigenvalue weighted by Crippen LogP contribution is -2.35. The molecule has 0 radical (unpaired) electrons. The number of ether oxygens (including phenoxy) is 4. The van der Waals surface area contributed by atoms with Crippen molar-refractivity contribution in [3.63, 3.8) is 0 Å². The smallest absolute Gasteiger partial charge is 0.262 e. The number of carbonyl (C=O) groups excluding carboxylic acids is 1. The highest BCUT2D eigenvalue weighted by Gasteiger charge is 2.17. The number of anilines is 1. The van der Waals surface area contributed by atoms with E-state index in [4.69, 9.17) is 18.9 Å². The fourth-order valence-electron chi connectivity index (χ4n) is 3.85. The number of benzene rings is 3. The lowest BCUT2D eigenvalue weighted by Gasteiger charge is -2.28. The van der Waals surface area contributed by atoms with E-state index in [9.17, 15) is 4.79 Å². The third kappa shape index (κ3) is 5.12. The van der Waals surface area contributed by atoms with E-state index < -0.39 is 0 Å². The second-order valence-corrected chi connectivity index (χ2v) is 7.56. The van der Waals surface area contributed by atoms with Gasteiger partial charge in [0.25, 0.3) is 5.91 Å². The monoisotopic (exact) mass is 436 g/mol. The Balaban J connectivity index is 1.48. The van der Waals surface area contributed by atoms with Crippen molar-refractivity contribution in [3.8, 4) is 17.2 Å². The molecular weight excluding hydrogens is 408 g/mol. The highest BCUT2D eigenvalue weighted by Crippen LogP contribution is 2.31. The van der Waals surface area contributed by atoms with Crippen LogP contribution in [0, 0.1) is 0 Å². The number of fused-ring (bicyclic) bond motifs is 1. The van der Waals surface area contributed by atoms with Crippen LogP contribution >= 0.6 is 0 Å². The third-order valence-electron chi connectivity index (χ3n) is 5.51. The molecule has 1 amide bonds. The fourth-order valence-corrected chi connectivity index (χ4v) is 3.85. The van der Waals surface area contributed by atoms with E-state index >= 15 is 0 Å². The Bertz CT molecular complexity index is 1080. The van der Waals surface area contributed by atoms with E-state index in [1.165, 1.54) is 0 Å². The first-order valence-electron chi connectivity index (χ1n) is 10.6. The molecule has 0 unspecified atom stereocenters. The minimum Gasteiger partial charge on any atom is -0.493 e. The summed E-state index contributed by atoms with van der Waals surface area (Å²) in [6.45, 7) is 3.87. The number of nitrogens with zero attached hydrogens (tertiary/aromatic N) is 1. The zero-order valence-corrected chi connectivity index (χ0v) is 18.4. The zero-order chi connectivity index (χ0) is 22.3. The Morgan fingerprint density at radius 1 is 0.969 bits per heavy atom. The number of amides is 1. The van der Waals surface area contributed by atoms with Crippen molar-refractivity contribution in [1.29, 1.82) is 0 Å². The Labute approximate surface area is 187 Å². The molecule has 1 aliphatic rings. The minimum atomic E-state index is -0.247. The first-order valence-corrected chi connectivity index (χ1v) is 10.6. The molecule has 0 aromatic heterocycles. The van der Waals surface area contributed by atoms with Gasteiger partial charge in [-0.1, -0.05) is 30.3 Å². The van der Waals surface area contributed by atoms with Crippen LogP contribution in [-0.4, -0.2) is 57.9 Å². The van der Waals surface area contributed by atoms with Crippen LogP contribution in [0.25, 0.3) is 10.8 Å². The highest BCUT2D eigenvalue weighted by atomic mass is 16.5. The van der Waals surface area contributed by atoms with Crippen LogP contribution in [0.4, 0.5) is 5.69 Å². The van der Waals surface area contributed by atoms with Gasteiger partial charge in [0, 0.05) is 37.0 Å². The van der Waals surface area contributed by atoms with Gasteiger partial charge in [0.05, 0.1) is 27.4 Å². The van der Waals surface area contributed by atoms with Gasteiger partial charge in [-0.05, 0) is 29.0 Å². The molecule has 32 heavy (non-hydrogen) atoms. The molecule has 1 aliphatic heterocycles. The van der Waals surface area contributed by atoms with Gasteiger partial charge in [0.1, 0.15) is 5.75 Å². The van der Waals surface area contributed by atoms with Gasteiger partial charge < -0.3 is 24.3 Å². The molecular formula is C25H28N2O5. The third-order valence-corrected chi connectivity index (χ3v) is 5.51. The maximum Gasteiger partial charge on any atom is 0.262 e. The van der Waals surface area contributed by atoms with Crippen LogP contribution in [0.3, 0.4) is 0 Å². The largest absolute Gasteiger partial charge is 0.493 e.